The first kappa shape index (κ1) is 11.8. The quantitative estimate of drug-likeness (QED) is 0.439. The SMILES string of the molecule is CCOC(O)(OC)OCCOC. The molecule has 0 aromatic carbocycles. The van der Waals surface area contributed by atoms with Crippen molar-refractivity contribution in [2.45, 2.75) is 13.1 Å². The number of hydrogen-bond acceptors (Lipinski definition) is 5. The highest BCUT2D eigenvalue weighted by Gasteiger charge is 2.28. The first-order valence-electron chi connectivity index (χ1n) is 3.73. The van der Waals surface area contributed by atoms with Gasteiger partial charge in [0.05, 0.1) is 19.8 Å². The molecule has 0 bridgehead atoms. The van der Waals surface area contributed by atoms with Crippen molar-refractivity contribution in [1.82, 2.24) is 0 Å². The fourth-order valence-corrected chi connectivity index (χ4v) is 0.596. The predicted octanol–water partition coefficient (Wildman–Crippen LogP) is -0.0641. The molecule has 0 aliphatic carbocycles. The van der Waals surface area contributed by atoms with Crippen molar-refractivity contribution in [1.29, 1.82) is 0 Å². The zero-order chi connectivity index (χ0) is 9.45. The van der Waals surface area contributed by atoms with Crippen molar-refractivity contribution in [2.24, 2.45) is 0 Å². The van der Waals surface area contributed by atoms with Crippen LogP contribution in [0.15, 0.2) is 0 Å². The largest absolute Gasteiger partial charge is 0.409 e. The zero-order valence-corrected chi connectivity index (χ0v) is 7.70. The smallest absolute Gasteiger partial charge is 0.382 e. The van der Waals surface area contributed by atoms with Crippen LogP contribution in [0, 0.1) is 0 Å². The van der Waals surface area contributed by atoms with Gasteiger partial charge in [0.1, 0.15) is 0 Å². The second-order valence-corrected chi connectivity index (χ2v) is 2.00. The summed E-state index contributed by atoms with van der Waals surface area (Å²) in [4.78, 5) is 0. The lowest BCUT2D eigenvalue weighted by molar-refractivity contribution is -0.478. The van der Waals surface area contributed by atoms with Gasteiger partial charge >= 0.3 is 6.16 Å². The van der Waals surface area contributed by atoms with Gasteiger partial charge in [0.2, 0.25) is 0 Å². The van der Waals surface area contributed by atoms with E-state index in [4.69, 9.17) is 14.2 Å². The van der Waals surface area contributed by atoms with Gasteiger partial charge in [-0.25, -0.2) is 0 Å². The molecule has 0 rings (SSSR count). The molecule has 0 saturated heterocycles. The van der Waals surface area contributed by atoms with E-state index < -0.39 is 6.16 Å². The molecular formula is C7H16O5. The summed E-state index contributed by atoms with van der Waals surface area (Å²) in [5, 5.41) is 9.32. The van der Waals surface area contributed by atoms with Gasteiger partial charge in [0.15, 0.2) is 0 Å². The van der Waals surface area contributed by atoms with Gasteiger partial charge in [0, 0.05) is 14.2 Å². The Morgan fingerprint density at radius 1 is 1.17 bits per heavy atom. The third-order valence-corrected chi connectivity index (χ3v) is 1.16. The molecule has 0 spiro atoms. The van der Waals surface area contributed by atoms with Crippen LogP contribution in [0.5, 0.6) is 0 Å². The van der Waals surface area contributed by atoms with Crippen LogP contribution in [0.2, 0.25) is 0 Å². The molecule has 1 N–H and O–H groups in total. The van der Waals surface area contributed by atoms with Crippen molar-refractivity contribution in [3.63, 3.8) is 0 Å². The molecule has 0 aromatic heterocycles. The highest BCUT2D eigenvalue weighted by atomic mass is 17.0. The van der Waals surface area contributed by atoms with Crippen LogP contribution < -0.4 is 0 Å². The summed E-state index contributed by atoms with van der Waals surface area (Å²) in [7, 11) is 2.83. The lowest BCUT2D eigenvalue weighted by Gasteiger charge is -2.24. The maximum atomic E-state index is 9.32. The molecule has 0 heterocycles. The molecule has 0 saturated carbocycles. The number of aliphatic hydroxyl groups is 1. The van der Waals surface area contributed by atoms with Gasteiger partial charge in [-0.15, -0.1) is 0 Å². The number of rotatable bonds is 7. The Morgan fingerprint density at radius 3 is 2.25 bits per heavy atom. The molecule has 1 atom stereocenters. The second-order valence-electron chi connectivity index (χ2n) is 2.00. The van der Waals surface area contributed by atoms with E-state index in [1.165, 1.54) is 14.2 Å². The first-order valence-corrected chi connectivity index (χ1v) is 3.73. The van der Waals surface area contributed by atoms with Gasteiger partial charge < -0.3 is 24.1 Å². The molecule has 0 radical (unpaired) electrons. The van der Waals surface area contributed by atoms with Crippen LogP contribution in [0.25, 0.3) is 0 Å². The molecule has 1 unspecified atom stereocenters. The van der Waals surface area contributed by atoms with Gasteiger partial charge in [0.25, 0.3) is 0 Å². The Balaban J connectivity index is 3.63. The van der Waals surface area contributed by atoms with Gasteiger partial charge in [-0.3, -0.25) is 0 Å². The molecule has 5 heteroatoms. The fraction of sp³-hybridized carbons (Fsp3) is 1.00. The first-order chi connectivity index (χ1) is 5.68. The van der Waals surface area contributed by atoms with E-state index in [9.17, 15) is 5.11 Å². The van der Waals surface area contributed by atoms with E-state index in [2.05, 4.69) is 4.74 Å². The molecule has 0 fully saturated rings. The Bertz CT molecular complexity index is 108. The third-order valence-electron chi connectivity index (χ3n) is 1.16. The Morgan fingerprint density at radius 2 is 1.83 bits per heavy atom. The lowest BCUT2D eigenvalue weighted by atomic mass is 10.7. The number of methoxy groups -OCH3 is 2. The summed E-state index contributed by atoms with van der Waals surface area (Å²) in [6.45, 7) is 2.61. The molecule has 12 heavy (non-hydrogen) atoms. The minimum absolute atomic E-state index is 0.209. The van der Waals surface area contributed by atoms with E-state index in [1.54, 1.807) is 6.92 Å². The summed E-state index contributed by atoms with van der Waals surface area (Å²) in [6.07, 6.45) is -1.94. The maximum Gasteiger partial charge on any atom is 0.409 e. The van der Waals surface area contributed by atoms with Crippen LogP contribution in [0.4, 0.5) is 0 Å². The lowest BCUT2D eigenvalue weighted by Crippen LogP contribution is -2.38. The van der Waals surface area contributed by atoms with E-state index in [0.29, 0.717) is 13.2 Å². The fourth-order valence-electron chi connectivity index (χ4n) is 0.596. The summed E-state index contributed by atoms with van der Waals surface area (Å²) in [5.74, 6) is 0. The molecule has 0 amide bonds. The maximum absolute atomic E-state index is 9.32. The van der Waals surface area contributed by atoms with E-state index in [-0.39, 0.29) is 6.61 Å². The van der Waals surface area contributed by atoms with Crippen molar-refractivity contribution in [2.75, 3.05) is 34.0 Å². The topological polar surface area (TPSA) is 57.2 Å². The number of hydrogen-bond donors (Lipinski definition) is 1. The van der Waals surface area contributed by atoms with Crippen LogP contribution in [0.3, 0.4) is 0 Å². The van der Waals surface area contributed by atoms with Crippen molar-refractivity contribution >= 4 is 0 Å². The minimum atomic E-state index is -1.94. The Labute approximate surface area is 72.2 Å². The standard InChI is InChI=1S/C7H16O5/c1-4-11-7(8,10-3)12-6-5-9-2/h8H,4-6H2,1-3H3. The predicted molar refractivity (Wildman–Crippen MR) is 41.4 cm³/mol. The highest BCUT2D eigenvalue weighted by Crippen LogP contribution is 2.08. The molecule has 5 nitrogen and oxygen atoms in total. The van der Waals surface area contributed by atoms with E-state index in [0.717, 1.165) is 0 Å². The van der Waals surface area contributed by atoms with Crippen LogP contribution in [0.1, 0.15) is 6.92 Å². The van der Waals surface area contributed by atoms with E-state index in [1.807, 2.05) is 0 Å². The Kier molecular flexibility index (Phi) is 6.23. The van der Waals surface area contributed by atoms with Crippen molar-refractivity contribution in [3.05, 3.63) is 0 Å². The summed E-state index contributed by atoms with van der Waals surface area (Å²) in [5.41, 5.74) is 0. The molecule has 0 aliphatic heterocycles. The highest BCUT2D eigenvalue weighted by molar-refractivity contribution is 4.35. The second kappa shape index (κ2) is 6.33. The summed E-state index contributed by atoms with van der Waals surface area (Å²) < 4.78 is 18.9. The van der Waals surface area contributed by atoms with E-state index >= 15 is 0 Å². The summed E-state index contributed by atoms with van der Waals surface area (Å²) in [6, 6.07) is 0. The molecule has 0 aliphatic rings. The monoisotopic (exact) mass is 180 g/mol. The molecular weight excluding hydrogens is 164 g/mol. The minimum Gasteiger partial charge on any atom is -0.382 e. The van der Waals surface area contributed by atoms with Crippen molar-refractivity contribution < 1.29 is 24.1 Å². The van der Waals surface area contributed by atoms with Gasteiger partial charge in [-0.2, -0.15) is 0 Å². The van der Waals surface area contributed by atoms with Crippen LogP contribution in [-0.2, 0) is 18.9 Å². The average Bonchev–Trinajstić information content (AvgIpc) is 2.06. The van der Waals surface area contributed by atoms with Crippen LogP contribution in [-0.4, -0.2) is 45.3 Å². The normalized spacial score (nSPS) is 16.0. The average molecular weight is 180 g/mol. The van der Waals surface area contributed by atoms with Crippen LogP contribution >= 0.6 is 0 Å². The number of ether oxygens (including phenoxy) is 4. The molecule has 74 valence electrons. The zero-order valence-electron chi connectivity index (χ0n) is 7.70. The Hall–Kier alpha value is -0.200. The third kappa shape index (κ3) is 4.63. The van der Waals surface area contributed by atoms with Gasteiger partial charge in [-0.05, 0) is 6.92 Å². The summed E-state index contributed by atoms with van der Waals surface area (Å²) >= 11 is 0. The molecule has 0 aromatic rings. The van der Waals surface area contributed by atoms with Gasteiger partial charge in [-0.1, -0.05) is 0 Å². The van der Waals surface area contributed by atoms with Crippen molar-refractivity contribution in [3.8, 4) is 0 Å².